The molecule has 0 saturated carbocycles. The fourth-order valence-electron chi connectivity index (χ4n) is 4.23. The first-order valence-electron chi connectivity index (χ1n) is 9.28. The number of nitrogens with one attached hydrogen (secondary N) is 1. The van der Waals surface area contributed by atoms with Crippen LogP contribution in [-0.2, 0) is 12.7 Å². The first-order chi connectivity index (χ1) is 13.6. The first-order valence-corrected chi connectivity index (χ1v) is 9.28. The molecule has 1 amide bonds. The fourth-order valence-corrected chi connectivity index (χ4v) is 4.23. The number of alkyl halides is 3. The molecule has 2 aromatic carbocycles. The number of rotatable bonds is 2. The van der Waals surface area contributed by atoms with Crippen LogP contribution in [0.2, 0.25) is 0 Å². The Bertz CT molecular complexity index is 1050. The Morgan fingerprint density at radius 1 is 1.14 bits per heavy atom. The van der Waals surface area contributed by atoms with Crippen LogP contribution in [0.3, 0.4) is 0 Å². The molecule has 29 heavy (non-hydrogen) atoms. The van der Waals surface area contributed by atoms with Gasteiger partial charge in [-0.05, 0) is 50.1 Å². The summed E-state index contributed by atoms with van der Waals surface area (Å²) in [6.45, 7) is 5.36. The molecule has 7 heteroatoms. The Labute approximate surface area is 167 Å². The van der Waals surface area contributed by atoms with Gasteiger partial charge in [0.05, 0.1) is 23.5 Å². The van der Waals surface area contributed by atoms with Crippen LogP contribution in [0.1, 0.15) is 46.5 Å². The lowest BCUT2D eigenvalue weighted by Crippen LogP contribution is -2.43. The van der Waals surface area contributed by atoms with Crippen LogP contribution in [0, 0.1) is 6.92 Å². The number of fused-ring (bicyclic) bond motifs is 2. The van der Waals surface area contributed by atoms with Crippen LogP contribution in [0.15, 0.2) is 42.1 Å². The minimum atomic E-state index is -4.50. The van der Waals surface area contributed by atoms with Gasteiger partial charge >= 0.3 is 6.18 Å². The topological polar surface area (TPSA) is 41.6 Å². The van der Waals surface area contributed by atoms with Crippen LogP contribution < -0.4 is 10.1 Å². The molecule has 2 aliphatic rings. The molecule has 0 radical (unpaired) electrons. The van der Waals surface area contributed by atoms with Gasteiger partial charge in [0.25, 0.3) is 5.91 Å². The molecule has 1 N–H and O–H groups in total. The average Bonchev–Trinajstić information content (AvgIpc) is 2.96. The summed E-state index contributed by atoms with van der Waals surface area (Å²) >= 11 is 0. The highest BCUT2D eigenvalue weighted by Crippen LogP contribution is 2.47. The maximum absolute atomic E-state index is 13.6. The van der Waals surface area contributed by atoms with Crippen LogP contribution in [0.5, 0.6) is 5.75 Å². The summed E-state index contributed by atoms with van der Waals surface area (Å²) in [7, 11) is 1.68. The molecule has 4 rings (SSSR count). The summed E-state index contributed by atoms with van der Waals surface area (Å²) in [5.74, 6) is 0.0991. The number of likely N-dealkylation sites (N-methyl/N-ethyl adjacent to an activating group) is 1. The third kappa shape index (κ3) is 2.87. The van der Waals surface area contributed by atoms with E-state index >= 15 is 0 Å². The monoisotopic (exact) mass is 402 g/mol. The van der Waals surface area contributed by atoms with E-state index in [2.05, 4.69) is 5.32 Å². The molecule has 0 atom stereocenters. The van der Waals surface area contributed by atoms with Crippen LogP contribution in [0.25, 0.3) is 5.70 Å². The van der Waals surface area contributed by atoms with Crippen molar-refractivity contribution < 1.29 is 22.7 Å². The van der Waals surface area contributed by atoms with E-state index in [-0.39, 0.29) is 11.5 Å². The van der Waals surface area contributed by atoms with E-state index in [0.717, 1.165) is 11.6 Å². The van der Waals surface area contributed by atoms with Crippen molar-refractivity contribution in [3.63, 3.8) is 0 Å². The number of ether oxygens (including phenoxy) is 1. The highest BCUT2D eigenvalue weighted by molar-refractivity contribution is 6.04. The average molecular weight is 402 g/mol. The van der Waals surface area contributed by atoms with Gasteiger partial charge in [0.2, 0.25) is 0 Å². The lowest BCUT2D eigenvalue weighted by molar-refractivity contribution is -0.138. The number of carbonyl (C=O) groups is 1. The van der Waals surface area contributed by atoms with Gasteiger partial charge in [-0.3, -0.25) is 4.79 Å². The first kappa shape index (κ1) is 19.4. The minimum Gasteiger partial charge on any atom is -0.481 e. The number of hydrogen-bond acceptors (Lipinski definition) is 3. The summed E-state index contributed by atoms with van der Waals surface area (Å²) in [5.41, 5.74) is 1.15. The molecular weight excluding hydrogens is 381 g/mol. The lowest BCUT2D eigenvalue weighted by atomic mass is 9.89. The maximum atomic E-state index is 13.6. The molecule has 0 aromatic heterocycles. The smallest absolute Gasteiger partial charge is 0.416 e. The van der Waals surface area contributed by atoms with E-state index < -0.39 is 17.3 Å². The van der Waals surface area contributed by atoms with Crippen molar-refractivity contribution in [2.75, 3.05) is 7.05 Å². The summed E-state index contributed by atoms with van der Waals surface area (Å²) in [6, 6.07) is 9.60. The maximum Gasteiger partial charge on any atom is 0.416 e. The van der Waals surface area contributed by atoms with Crippen molar-refractivity contribution in [2.24, 2.45) is 0 Å². The van der Waals surface area contributed by atoms with Crippen molar-refractivity contribution in [3.8, 4) is 5.75 Å². The van der Waals surface area contributed by atoms with E-state index in [4.69, 9.17) is 4.74 Å². The van der Waals surface area contributed by atoms with Crippen molar-refractivity contribution in [2.45, 2.75) is 39.1 Å². The predicted octanol–water partition coefficient (Wildman–Crippen LogP) is 4.73. The highest BCUT2D eigenvalue weighted by atomic mass is 19.4. The predicted molar refractivity (Wildman–Crippen MR) is 103 cm³/mol. The molecular formula is C22H21F3N2O2. The zero-order valence-electron chi connectivity index (χ0n) is 16.6. The summed E-state index contributed by atoms with van der Waals surface area (Å²) in [4.78, 5) is 14.7. The third-order valence-corrected chi connectivity index (χ3v) is 5.51. The normalized spacial score (nSPS) is 17.8. The van der Waals surface area contributed by atoms with Crippen molar-refractivity contribution in [3.05, 3.63) is 69.9 Å². The second kappa shape index (κ2) is 6.27. The van der Waals surface area contributed by atoms with Gasteiger partial charge in [-0.1, -0.05) is 18.2 Å². The molecule has 4 nitrogen and oxygen atoms in total. The van der Waals surface area contributed by atoms with Crippen LogP contribution in [-0.4, -0.2) is 23.5 Å². The lowest BCUT2D eigenvalue weighted by Gasteiger charge is -2.40. The molecule has 0 spiro atoms. The van der Waals surface area contributed by atoms with E-state index in [1.54, 1.807) is 24.1 Å². The molecule has 0 saturated heterocycles. The number of benzene rings is 2. The quantitative estimate of drug-likeness (QED) is 0.790. The Hall–Kier alpha value is -2.96. The van der Waals surface area contributed by atoms with E-state index in [1.807, 2.05) is 26.0 Å². The standard InChI is InChI=1S/C22H21F3N2O2/c1-12-15(22(23,24)25)9-10-16-17(12)18(19(26-4)21(2,3)29-16)27-11-13-7-5-6-8-14(13)20(27)28/h5-10,26H,11H2,1-4H3. The molecule has 0 fully saturated rings. The minimum absolute atomic E-state index is 0.0389. The summed E-state index contributed by atoms with van der Waals surface area (Å²) < 4.78 is 46.8. The van der Waals surface area contributed by atoms with Crippen molar-refractivity contribution in [1.29, 1.82) is 0 Å². The van der Waals surface area contributed by atoms with Gasteiger partial charge in [-0.15, -0.1) is 0 Å². The summed E-state index contributed by atoms with van der Waals surface area (Å²) in [5, 5.41) is 3.07. The van der Waals surface area contributed by atoms with Gasteiger partial charge in [-0.25, -0.2) is 0 Å². The Kier molecular flexibility index (Phi) is 4.19. The van der Waals surface area contributed by atoms with Crippen molar-refractivity contribution >= 4 is 11.6 Å². The molecule has 0 bridgehead atoms. The second-order valence-electron chi connectivity index (χ2n) is 7.74. The Balaban J connectivity index is 1.99. The van der Waals surface area contributed by atoms with Crippen molar-refractivity contribution in [1.82, 2.24) is 10.2 Å². The Morgan fingerprint density at radius 3 is 2.45 bits per heavy atom. The molecule has 0 aliphatic carbocycles. The molecule has 2 heterocycles. The number of carbonyl (C=O) groups excluding carboxylic acids is 1. The SMILES string of the molecule is CNC1=C(N2Cc3ccccc3C2=O)c2c(ccc(C(F)(F)F)c2C)OC1(C)C. The van der Waals surface area contributed by atoms with Gasteiger partial charge in [0.15, 0.2) is 0 Å². The molecule has 152 valence electrons. The molecule has 2 aromatic rings. The van der Waals surface area contributed by atoms with E-state index in [0.29, 0.717) is 34.8 Å². The highest BCUT2D eigenvalue weighted by Gasteiger charge is 2.43. The number of hydrogen-bond donors (Lipinski definition) is 1. The largest absolute Gasteiger partial charge is 0.481 e. The molecule has 0 unspecified atom stereocenters. The van der Waals surface area contributed by atoms with Crippen LogP contribution in [0.4, 0.5) is 13.2 Å². The van der Waals surface area contributed by atoms with E-state index in [1.165, 1.54) is 13.0 Å². The zero-order chi connectivity index (χ0) is 21.1. The third-order valence-electron chi connectivity index (χ3n) is 5.51. The Morgan fingerprint density at radius 2 is 1.83 bits per heavy atom. The van der Waals surface area contributed by atoms with Crippen LogP contribution >= 0.6 is 0 Å². The van der Waals surface area contributed by atoms with E-state index in [9.17, 15) is 18.0 Å². The summed E-state index contributed by atoms with van der Waals surface area (Å²) in [6.07, 6.45) is -4.50. The van der Waals surface area contributed by atoms with Gasteiger partial charge < -0.3 is 15.0 Å². The number of amides is 1. The van der Waals surface area contributed by atoms with Gasteiger partial charge in [-0.2, -0.15) is 13.2 Å². The second-order valence-corrected chi connectivity index (χ2v) is 7.74. The fraction of sp³-hybridized carbons (Fsp3) is 0.318. The van der Waals surface area contributed by atoms with Gasteiger partial charge in [0.1, 0.15) is 11.4 Å². The number of halogens is 3. The zero-order valence-corrected chi connectivity index (χ0v) is 16.6. The molecule has 2 aliphatic heterocycles. The number of nitrogens with zero attached hydrogens (tertiary/aromatic N) is 1. The van der Waals surface area contributed by atoms with Gasteiger partial charge in [0, 0.05) is 18.2 Å².